The van der Waals surface area contributed by atoms with Gasteiger partial charge in [0.1, 0.15) is 11.5 Å². The van der Waals surface area contributed by atoms with Gasteiger partial charge in [-0.2, -0.15) is 0 Å². The molecular weight excluding hydrogens is 324 g/mol. The molecule has 1 aliphatic rings. The lowest BCUT2D eigenvalue weighted by Gasteiger charge is -2.23. The largest absolute Gasteiger partial charge is 0.366 e. The van der Waals surface area contributed by atoms with E-state index in [0.29, 0.717) is 11.7 Å². The van der Waals surface area contributed by atoms with E-state index in [1.165, 1.54) is 32.1 Å². The van der Waals surface area contributed by atoms with Gasteiger partial charge in [0.05, 0.1) is 12.4 Å². The summed E-state index contributed by atoms with van der Waals surface area (Å²) < 4.78 is 0. The third-order valence-electron chi connectivity index (χ3n) is 4.82. The summed E-state index contributed by atoms with van der Waals surface area (Å²) in [6.07, 6.45) is 9.39. The first-order valence-corrected chi connectivity index (χ1v) is 9.43. The number of benzene rings is 1. The number of aromatic nitrogens is 2. The first-order valence-electron chi connectivity index (χ1n) is 9.43. The molecule has 5 nitrogen and oxygen atoms in total. The summed E-state index contributed by atoms with van der Waals surface area (Å²) in [5, 5.41) is 6.39. The average Bonchev–Trinajstić information content (AvgIpc) is 2.63. The van der Waals surface area contributed by atoms with E-state index < -0.39 is 0 Å². The van der Waals surface area contributed by atoms with Crippen LogP contribution in [0.2, 0.25) is 0 Å². The zero-order valence-corrected chi connectivity index (χ0v) is 15.9. The molecule has 1 heterocycles. The highest BCUT2D eigenvalue weighted by molar-refractivity contribution is 6.03. The third-order valence-corrected chi connectivity index (χ3v) is 4.82. The van der Waals surface area contributed by atoms with Crippen molar-refractivity contribution in [3.05, 3.63) is 47.9 Å². The normalized spacial score (nSPS) is 15.5. The first-order chi connectivity index (χ1) is 12.4. The summed E-state index contributed by atoms with van der Waals surface area (Å²) in [6.45, 7) is 6.39. The molecule has 2 N–H and O–H groups in total. The van der Waals surface area contributed by atoms with E-state index in [2.05, 4.69) is 41.4 Å². The van der Waals surface area contributed by atoms with Crippen molar-refractivity contribution in [2.75, 3.05) is 10.6 Å². The summed E-state index contributed by atoms with van der Waals surface area (Å²) in [6, 6.07) is 8.34. The van der Waals surface area contributed by atoms with Crippen molar-refractivity contribution in [3.8, 4) is 0 Å². The molecular formula is C21H28N4O. The van der Waals surface area contributed by atoms with Crippen LogP contribution < -0.4 is 10.6 Å². The van der Waals surface area contributed by atoms with Gasteiger partial charge in [-0.1, -0.05) is 58.2 Å². The number of nitrogens with zero attached hydrogens (tertiary/aromatic N) is 2. The zero-order chi connectivity index (χ0) is 18.6. The van der Waals surface area contributed by atoms with Crippen molar-refractivity contribution in [1.82, 2.24) is 9.97 Å². The van der Waals surface area contributed by atoms with Gasteiger partial charge in [-0.3, -0.25) is 4.79 Å². The van der Waals surface area contributed by atoms with E-state index in [-0.39, 0.29) is 11.3 Å². The van der Waals surface area contributed by atoms with E-state index >= 15 is 0 Å². The quantitative estimate of drug-likeness (QED) is 0.832. The second-order valence-corrected chi connectivity index (χ2v) is 8.02. The number of nitrogens with one attached hydrogen (secondary N) is 2. The summed E-state index contributed by atoms with van der Waals surface area (Å²) in [7, 11) is 0. The Labute approximate surface area is 155 Å². The highest BCUT2D eigenvalue weighted by Crippen LogP contribution is 2.29. The first kappa shape index (κ1) is 18.4. The van der Waals surface area contributed by atoms with Gasteiger partial charge in [0, 0.05) is 11.7 Å². The topological polar surface area (TPSA) is 66.9 Å². The fourth-order valence-electron chi connectivity index (χ4n) is 3.41. The Morgan fingerprint density at radius 2 is 1.77 bits per heavy atom. The fraction of sp³-hybridized carbons (Fsp3) is 0.476. The SMILES string of the molecule is CC(C)(C)c1ccccc1NC(=O)c1cnc(NC2CCCCC2)cn1. The lowest BCUT2D eigenvalue weighted by Crippen LogP contribution is -2.23. The van der Waals surface area contributed by atoms with Gasteiger partial charge in [-0.25, -0.2) is 9.97 Å². The van der Waals surface area contributed by atoms with Crippen molar-refractivity contribution in [1.29, 1.82) is 0 Å². The van der Waals surface area contributed by atoms with Crippen LogP contribution in [0.4, 0.5) is 11.5 Å². The molecule has 0 saturated heterocycles. The lowest BCUT2D eigenvalue weighted by atomic mass is 9.86. The Hall–Kier alpha value is -2.43. The molecule has 0 spiro atoms. The third kappa shape index (κ3) is 4.59. The molecule has 0 radical (unpaired) electrons. The number of carbonyl (C=O) groups is 1. The van der Waals surface area contributed by atoms with E-state index in [1.54, 1.807) is 12.4 Å². The molecule has 26 heavy (non-hydrogen) atoms. The number of hydrogen-bond donors (Lipinski definition) is 2. The van der Waals surface area contributed by atoms with Crippen LogP contribution in [0.1, 0.15) is 68.9 Å². The predicted molar refractivity (Wildman–Crippen MR) is 106 cm³/mol. The van der Waals surface area contributed by atoms with Crippen molar-refractivity contribution >= 4 is 17.4 Å². The molecule has 1 aromatic heterocycles. The van der Waals surface area contributed by atoms with E-state index in [0.717, 1.165) is 17.1 Å². The summed E-state index contributed by atoms with van der Waals surface area (Å²) in [5.41, 5.74) is 2.18. The molecule has 138 valence electrons. The molecule has 0 bridgehead atoms. The fourth-order valence-corrected chi connectivity index (χ4v) is 3.41. The number of para-hydroxylation sites is 1. The summed E-state index contributed by atoms with van der Waals surface area (Å²) in [4.78, 5) is 21.2. The van der Waals surface area contributed by atoms with Gasteiger partial charge in [0.2, 0.25) is 0 Å². The maximum Gasteiger partial charge on any atom is 0.275 e. The molecule has 0 unspecified atom stereocenters. The van der Waals surface area contributed by atoms with Crippen molar-refractivity contribution in [2.24, 2.45) is 0 Å². The number of rotatable bonds is 4. The highest BCUT2D eigenvalue weighted by atomic mass is 16.1. The molecule has 1 fully saturated rings. The van der Waals surface area contributed by atoms with Crippen molar-refractivity contribution in [2.45, 2.75) is 64.3 Å². The Morgan fingerprint density at radius 1 is 1.04 bits per heavy atom. The van der Waals surface area contributed by atoms with Crippen LogP contribution in [0.15, 0.2) is 36.7 Å². The summed E-state index contributed by atoms with van der Waals surface area (Å²) >= 11 is 0. The number of hydrogen-bond acceptors (Lipinski definition) is 4. The molecule has 1 aliphatic carbocycles. The van der Waals surface area contributed by atoms with Crippen molar-refractivity contribution < 1.29 is 4.79 Å². The lowest BCUT2D eigenvalue weighted by molar-refractivity contribution is 0.102. The van der Waals surface area contributed by atoms with Crippen LogP contribution >= 0.6 is 0 Å². The molecule has 0 atom stereocenters. The smallest absolute Gasteiger partial charge is 0.275 e. The maximum atomic E-state index is 12.6. The molecule has 1 amide bonds. The van der Waals surface area contributed by atoms with Crippen molar-refractivity contribution in [3.63, 3.8) is 0 Å². The standard InChI is InChI=1S/C21H28N4O/c1-21(2,3)16-11-7-8-12-17(16)25-20(26)18-13-23-19(14-22-18)24-15-9-5-4-6-10-15/h7-8,11-15H,4-6,9-10H2,1-3H3,(H,23,24)(H,25,26). The van der Waals surface area contributed by atoms with Gasteiger partial charge < -0.3 is 10.6 Å². The van der Waals surface area contributed by atoms with Gasteiger partial charge in [0.15, 0.2) is 0 Å². The van der Waals surface area contributed by atoms with E-state index in [1.807, 2.05) is 24.3 Å². The van der Waals surface area contributed by atoms with Crippen LogP contribution in [0, 0.1) is 0 Å². The van der Waals surface area contributed by atoms with Crippen LogP contribution in [-0.4, -0.2) is 21.9 Å². The molecule has 3 rings (SSSR count). The molecule has 5 heteroatoms. The average molecular weight is 352 g/mol. The second-order valence-electron chi connectivity index (χ2n) is 8.02. The van der Waals surface area contributed by atoms with Gasteiger partial charge in [0.25, 0.3) is 5.91 Å². The molecule has 0 aliphatic heterocycles. The van der Waals surface area contributed by atoms with Crippen LogP contribution in [0.25, 0.3) is 0 Å². The van der Waals surface area contributed by atoms with Gasteiger partial charge in [-0.05, 0) is 29.9 Å². The maximum absolute atomic E-state index is 12.6. The highest BCUT2D eigenvalue weighted by Gasteiger charge is 2.19. The Bertz CT molecular complexity index is 743. The van der Waals surface area contributed by atoms with Gasteiger partial charge >= 0.3 is 0 Å². The van der Waals surface area contributed by atoms with E-state index in [9.17, 15) is 4.79 Å². The predicted octanol–water partition coefficient (Wildman–Crippen LogP) is 4.77. The Kier molecular flexibility index (Phi) is 5.55. The monoisotopic (exact) mass is 352 g/mol. The number of amides is 1. The summed E-state index contributed by atoms with van der Waals surface area (Å²) in [5.74, 6) is 0.502. The minimum absolute atomic E-state index is 0.0523. The van der Waals surface area contributed by atoms with Crippen LogP contribution in [0.5, 0.6) is 0 Å². The molecule has 1 saturated carbocycles. The van der Waals surface area contributed by atoms with E-state index in [4.69, 9.17) is 0 Å². The molecule has 1 aromatic carbocycles. The molecule has 2 aromatic rings. The second kappa shape index (κ2) is 7.85. The zero-order valence-electron chi connectivity index (χ0n) is 15.9. The number of carbonyl (C=O) groups excluding carboxylic acids is 1. The Morgan fingerprint density at radius 3 is 2.42 bits per heavy atom. The van der Waals surface area contributed by atoms with Crippen LogP contribution in [-0.2, 0) is 5.41 Å². The van der Waals surface area contributed by atoms with Crippen LogP contribution in [0.3, 0.4) is 0 Å². The minimum atomic E-state index is -0.238. The van der Waals surface area contributed by atoms with Gasteiger partial charge in [-0.15, -0.1) is 0 Å². The minimum Gasteiger partial charge on any atom is -0.366 e. The number of anilines is 2. The Balaban J connectivity index is 1.67.